The molecule has 0 bridgehead atoms. The average Bonchev–Trinajstić information content (AvgIpc) is 2.41. The monoisotopic (exact) mass is 256 g/mol. The van der Waals surface area contributed by atoms with E-state index < -0.39 is 0 Å². The van der Waals surface area contributed by atoms with E-state index in [1.807, 2.05) is 0 Å². The second-order valence-electron chi connectivity index (χ2n) is 5.54. The highest BCUT2D eigenvalue weighted by Gasteiger charge is 2.26. The minimum absolute atomic E-state index is 0.632. The van der Waals surface area contributed by atoms with Crippen LogP contribution in [0.5, 0.6) is 0 Å². The highest BCUT2D eigenvalue weighted by Crippen LogP contribution is 2.20. The molecule has 0 spiro atoms. The van der Waals surface area contributed by atoms with Gasteiger partial charge in [-0.1, -0.05) is 13.3 Å². The first-order chi connectivity index (χ1) is 8.79. The average molecular weight is 256 g/mol. The molecular weight excluding hydrogens is 224 g/mol. The van der Waals surface area contributed by atoms with Crippen LogP contribution in [0.2, 0.25) is 0 Å². The Balaban J connectivity index is 2.31. The predicted molar refractivity (Wildman–Crippen MR) is 78.1 cm³/mol. The maximum atomic E-state index is 5.13. The van der Waals surface area contributed by atoms with Gasteiger partial charge in [0, 0.05) is 25.8 Å². The van der Waals surface area contributed by atoms with Gasteiger partial charge < -0.3 is 10.1 Å². The molecule has 1 aliphatic rings. The Labute approximate surface area is 113 Å². The third-order valence-electron chi connectivity index (χ3n) is 4.00. The molecule has 2 atom stereocenters. The molecule has 2 unspecified atom stereocenters. The first-order valence-electron chi connectivity index (χ1n) is 7.76. The Hall–Kier alpha value is -0.120. The Kier molecular flexibility index (Phi) is 8.64. The standard InChI is InChI=1S/C15H32N2O/c1-4-10-16-14(2)15-9-5-6-11-17(15)12-7-8-13-18-3/h14-16H,4-13H2,1-3H3. The lowest BCUT2D eigenvalue weighted by atomic mass is 9.96. The zero-order valence-electron chi connectivity index (χ0n) is 12.6. The number of hydrogen-bond acceptors (Lipinski definition) is 3. The van der Waals surface area contributed by atoms with Crippen LogP contribution in [0.1, 0.15) is 52.4 Å². The lowest BCUT2D eigenvalue weighted by molar-refractivity contribution is 0.112. The summed E-state index contributed by atoms with van der Waals surface area (Å²) in [5.74, 6) is 0. The zero-order chi connectivity index (χ0) is 13.2. The van der Waals surface area contributed by atoms with E-state index in [4.69, 9.17) is 4.74 Å². The number of nitrogens with one attached hydrogen (secondary N) is 1. The molecule has 18 heavy (non-hydrogen) atoms. The minimum atomic E-state index is 0.632. The van der Waals surface area contributed by atoms with Crippen LogP contribution in [0.25, 0.3) is 0 Å². The third-order valence-corrected chi connectivity index (χ3v) is 4.00. The molecule has 3 heteroatoms. The van der Waals surface area contributed by atoms with Crippen LogP contribution in [-0.2, 0) is 4.74 Å². The van der Waals surface area contributed by atoms with Crippen molar-refractivity contribution in [2.75, 3.05) is 33.4 Å². The minimum Gasteiger partial charge on any atom is -0.385 e. The van der Waals surface area contributed by atoms with Gasteiger partial charge in [-0.15, -0.1) is 0 Å². The molecular formula is C15H32N2O. The van der Waals surface area contributed by atoms with Gasteiger partial charge in [0.1, 0.15) is 0 Å². The molecule has 3 nitrogen and oxygen atoms in total. The fourth-order valence-electron chi connectivity index (χ4n) is 2.93. The second-order valence-corrected chi connectivity index (χ2v) is 5.54. The molecule has 108 valence electrons. The molecule has 0 aromatic rings. The Morgan fingerprint density at radius 3 is 2.89 bits per heavy atom. The van der Waals surface area contributed by atoms with Gasteiger partial charge >= 0.3 is 0 Å². The number of piperidine rings is 1. The SMILES string of the molecule is CCCNC(C)C1CCCCN1CCCCOC. The largest absolute Gasteiger partial charge is 0.385 e. The highest BCUT2D eigenvalue weighted by atomic mass is 16.5. The van der Waals surface area contributed by atoms with Crippen molar-refractivity contribution in [2.45, 2.75) is 64.5 Å². The van der Waals surface area contributed by atoms with Gasteiger partial charge in [-0.05, 0) is 58.7 Å². The summed E-state index contributed by atoms with van der Waals surface area (Å²) >= 11 is 0. The van der Waals surface area contributed by atoms with E-state index >= 15 is 0 Å². The van der Waals surface area contributed by atoms with E-state index in [1.165, 1.54) is 51.6 Å². The molecule has 1 rings (SSSR count). The van der Waals surface area contributed by atoms with Crippen molar-refractivity contribution in [3.05, 3.63) is 0 Å². The number of unbranched alkanes of at least 4 members (excludes halogenated alkanes) is 1. The van der Waals surface area contributed by atoms with Crippen LogP contribution in [0.4, 0.5) is 0 Å². The van der Waals surface area contributed by atoms with Crippen LogP contribution in [0, 0.1) is 0 Å². The maximum absolute atomic E-state index is 5.13. The van der Waals surface area contributed by atoms with Gasteiger partial charge in [-0.2, -0.15) is 0 Å². The Bertz CT molecular complexity index is 199. The number of ether oxygens (including phenoxy) is 1. The number of nitrogens with zero attached hydrogens (tertiary/aromatic N) is 1. The smallest absolute Gasteiger partial charge is 0.0462 e. The van der Waals surface area contributed by atoms with E-state index in [0.29, 0.717) is 6.04 Å². The van der Waals surface area contributed by atoms with Crippen molar-refractivity contribution in [2.24, 2.45) is 0 Å². The van der Waals surface area contributed by atoms with Gasteiger partial charge in [0.25, 0.3) is 0 Å². The van der Waals surface area contributed by atoms with Gasteiger partial charge in [0.2, 0.25) is 0 Å². The van der Waals surface area contributed by atoms with E-state index in [0.717, 1.165) is 19.2 Å². The number of methoxy groups -OCH3 is 1. The van der Waals surface area contributed by atoms with Crippen LogP contribution >= 0.6 is 0 Å². The van der Waals surface area contributed by atoms with Crippen LogP contribution in [0.15, 0.2) is 0 Å². The van der Waals surface area contributed by atoms with Crippen molar-refractivity contribution in [3.63, 3.8) is 0 Å². The summed E-state index contributed by atoms with van der Waals surface area (Å²) in [6.45, 7) is 9.18. The first-order valence-corrected chi connectivity index (χ1v) is 7.76. The van der Waals surface area contributed by atoms with Crippen molar-refractivity contribution in [1.29, 1.82) is 0 Å². The molecule has 1 N–H and O–H groups in total. The highest BCUT2D eigenvalue weighted by molar-refractivity contribution is 4.84. The van der Waals surface area contributed by atoms with Gasteiger partial charge in [0.05, 0.1) is 0 Å². The lowest BCUT2D eigenvalue weighted by Gasteiger charge is -2.39. The number of hydrogen-bond donors (Lipinski definition) is 1. The fourth-order valence-corrected chi connectivity index (χ4v) is 2.93. The molecule has 0 saturated carbocycles. The molecule has 1 saturated heterocycles. The van der Waals surface area contributed by atoms with Crippen LogP contribution in [0.3, 0.4) is 0 Å². The first kappa shape index (κ1) is 15.9. The Morgan fingerprint density at radius 1 is 1.33 bits per heavy atom. The summed E-state index contributed by atoms with van der Waals surface area (Å²) in [7, 11) is 1.79. The van der Waals surface area contributed by atoms with E-state index in [1.54, 1.807) is 7.11 Å². The molecule has 1 heterocycles. The van der Waals surface area contributed by atoms with Gasteiger partial charge in [-0.3, -0.25) is 4.90 Å². The Morgan fingerprint density at radius 2 is 2.17 bits per heavy atom. The summed E-state index contributed by atoms with van der Waals surface area (Å²) in [4.78, 5) is 2.70. The molecule has 0 aliphatic carbocycles. The maximum Gasteiger partial charge on any atom is 0.0462 e. The van der Waals surface area contributed by atoms with Gasteiger partial charge in [-0.25, -0.2) is 0 Å². The predicted octanol–water partition coefficient (Wildman–Crippen LogP) is 2.66. The second kappa shape index (κ2) is 9.76. The van der Waals surface area contributed by atoms with Gasteiger partial charge in [0.15, 0.2) is 0 Å². The lowest BCUT2D eigenvalue weighted by Crippen LogP contribution is -2.51. The summed E-state index contributed by atoms with van der Waals surface area (Å²) < 4.78 is 5.13. The molecule has 0 amide bonds. The summed E-state index contributed by atoms with van der Waals surface area (Å²) in [5.41, 5.74) is 0. The van der Waals surface area contributed by atoms with Crippen molar-refractivity contribution >= 4 is 0 Å². The zero-order valence-corrected chi connectivity index (χ0v) is 12.6. The summed E-state index contributed by atoms with van der Waals surface area (Å²) in [6, 6.07) is 1.38. The quantitative estimate of drug-likeness (QED) is 0.642. The van der Waals surface area contributed by atoms with E-state index in [9.17, 15) is 0 Å². The van der Waals surface area contributed by atoms with Crippen LogP contribution in [-0.4, -0.2) is 50.3 Å². The third kappa shape index (κ3) is 5.68. The molecule has 0 radical (unpaired) electrons. The van der Waals surface area contributed by atoms with E-state index in [-0.39, 0.29) is 0 Å². The normalized spacial score (nSPS) is 23.2. The van der Waals surface area contributed by atoms with Crippen LogP contribution < -0.4 is 5.32 Å². The summed E-state index contributed by atoms with van der Waals surface area (Å²) in [6.07, 6.45) is 7.83. The topological polar surface area (TPSA) is 24.5 Å². The van der Waals surface area contributed by atoms with Crippen molar-refractivity contribution < 1.29 is 4.74 Å². The molecule has 1 fully saturated rings. The fraction of sp³-hybridized carbons (Fsp3) is 1.00. The number of rotatable bonds is 9. The van der Waals surface area contributed by atoms with Crippen molar-refractivity contribution in [1.82, 2.24) is 10.2 Å². The van der Waals surface area contributed by atoms with Crippen molar-refractivity contribution in [3.8, 4) is 0 Å². The molecule has 1 aliphatic heterocycles. The molecule has 0 aromatic heterocycles. The number of likely N-dealkylation sites (tertiary alicyclic amines) is 1. The molecule has 0 aromatic carbocycles. The summed E-state index contributed by atoms with van der Waals surface area (Å²) in [5, 5.41) is 3.67. The van der Waals surface area contributed by atoms with E-state index in [2.05, 4.69) is 24.1 Å².